The van der Waals surface area contributed by atoms with Crippen LogP contribution in [0.15, 0.2) is 12.1 Å². The van der Waals surface area contributed by atoms with E-state index >= 15 is 0 Å². The van der Waals surface area contributed by atoms with E-state index in [1.165, 1.54) is 4.90 Å². The Morgan fingerprint density at radius 1 is 1.41 bits per heavy atom. The maximum atomic E-state index is 12.6. The van der Waals surface area contributed by atoms with Gasteiger partial charge in [0.05, 0.1) is 0 Å². The summed E-state index contributed by atoms with van der Waals surface area (Å²) in [6.45, 7) is 0.446. The van der Waals surface area contributed by atoms with Crippen LogP contribution in [0.4, 0.5) is 18.0 Å². The van der Waals surface area contributed by atoms with Crippen molar-refractivity contribution in [3.8, 4) is 11.9 Å². The number of nitriles is 1. The van der Waals surface area contributed by atoms with Crippen LogP contribution in [0.25, 0.3) is 0 Å². The molecule has 1 amide bonds. The molecule has 0 spiro atoms. The number of amides is 1. The number of carbonyl (C=O) groups is 1. The van der Waals surface area contributed by atoms with Crippen LogP contribution < -0.4 is 4.74 Å². The summed E-state index contributed by atoms with van der Waals surface area (Å²) in [4.78, 5) is 15.3. The van der Waals surface area contributed by atoms with Crippen LogP contribution in [0.5, 0.6) is 5.88 Å². The molecule has 0 aromatic carbocycles. The smallest absolute Gasteiger partial charge is 0.433 e. The Labute approximate surface area is 123 Å². The summed E-state index contributed by atoms with van der Waals surface area (Å²) in [6, 6.07) is 3.46. The van der Waals surface area contributed by atoms with Gasteiger partial charge in [0.25, 0.3) is 0 Å². The van der Waals surface area contributed by atoms with Gasteiger partial charge in [-0.3, -0.25) is 0 Å². The number of piperidine rings is 1. The number of rotatable bonds is 2. The van der Waals surface area contributed by atoms with Crippen molar-refractivity contribution in [2.45, 2.75) is 25.1 Å². The fourth-order valence-corrected chi connectivity index (χ4v) is 2.10. The van der Waals surface area contributed by atoms with Crippen molar-refractivity contribution in [1.82, 2.24) is 9.88 Å². The zero-order chi connectivity index (χ0) is 16.3. The summed E-state index contributed by atoms with van der Waals surface area (Å²) in [6.07, 6.45) is -5.49. The maximum Gasteiger partial charge on any atom is 0.433 e. The first kappa shape index (κ1) is 15.9. The Bertz CT molecular complexity index is 605. The third-order valence-corrected chi connectivity index (χ3v) is 3.26. The summed E-state index contributed by atoms with van der Waals surface area (Å²) in [5.74, 6) is -0.369. The van der Waals surface area contributed by atoms with E-state index in [1.807, 2.05) is 0 Å². The third-order valence-electron chi connectivity index (χ3n) is 3.26. The lowest BCUT2D eigenvalue weighted by Crippen LogP contribution is -2.41. The Kier molecular flexibility index (Phi) is 4.40. The van der Waals surface area contributed by atoms with Gasteiger partial charge in [-0.1, -0.05) is 0 Å². The molecule has 1 saturated heterocycles. The molecule has 1 aromatic heterocycles. The van der Waals surface area contributed by atoms with Crippen molar-refractivity contribution in [2.75, 3.05) is 13.1 Å². The van der Waals surface area contributed by atoms with E-state index in [0.717, 1.165) is 12.1 Å². The number of aromatic nitrogens is 1. The molecule has 1 aliphatic heterocycles. The summed E-state index contributed by atoms with van der Waals surface area (Å²) in [5, 5.41) is 17.7. The molecule has 1 aliphatic rings. The Balaban J connectivity index is 2.12. The molecule has 1 N–H and O–H groups in total. The zero-order valence-corrected chi connectivity index (χ0v) is 11.3. The second kappa shape index (κ2) is 6.09. The minimum absolute atomic E-state index is 0.0892. The molecule has 2 rings (SSSR count). The number of nitrogens with zero attached hydrogens (tertiary/aromatic N) is 3. The standard InChI is InChI=1S/C13H12F3N3O3/c14-13(15,16)10-2-1-8(7-17)11(18-10)22-9-3-5-19(6-4-9)12(20)21/h1-2,9H,3-6H2,(H,20,21). The van der Waals surface area contributed by atoms with Crippen molar-refractivity contribution in [1.29, 1.82) is 5.26 Å². The van der Waals surface area contributed by atoms with Gasteiger partial charge in [0, 0.05) is 25.9 Å². The number of likely N-dealkylation sites (tertiary alicyclic amines) is 1. The van der Waals surface area contributed by atoms with Gasteiger partial charge in [0.2, 0.25) is 5.88 Å². The summed E-state index contributed by atoms with van der Waals surface area (Å²) in [7, 11) is 0. The van der Waals surface area contributed by atoms with E-state index in [2.05, 4.69) is 4.98 Å². The summed E-state index contributed by atoms with van der Waals surface area (Å²) >= 11 is 0. The monoisotopic (exact) mass is 315 g/mol. The summed E-state index contributed by atoms with van der Waals surface area (Å²) in [5.41, 5.74) is -1.22. The average molecular weight is 315 g/mol. The van der Waals surface area contributed by atoms with Crippen LogP contribution in [-0.4, -0.2) is 40.3 Å². The minimum atomic E-state index is -4.63. The molecule has 2 heterocycles. The topological polar surface area (TPSA) is 86.5 Å². The molecular weight excluding hydrogens is 303 g/mol. The average Bonchev–Trinajstić information content (AvgIpc) is 2.46. The highest BCUT2D eigenvalue weighted by atomic mass is 19.4. The van der Waals surface area contributed by atoms with Gasteiger partial charge in [0.1, 0.15) is 23.4 Å². The van der Waals surface area contributed by atoms with E-state index in [-0.39, 0.29) is 24.5 Å². The molecule has 0 unspecified atom stereocenters. The maximum absolute atomic E-state index is 12.6. The highest BCUT2D eigenvalue weighted by molar-refractivity contribution is 5.65. The van der Waals surface area contributed by atoms with Crippen molar-refractivity contribution < 1.29 is 27.8 Å². The predicted octanol–water partition coefficient (Wildman–Crippen LogP) is 2.49. The predicted molar refractivity (Wildman–Crippen MR) is 67.2 cm³/mol. The Morgan fingerprint density at radius 2 is 2.05 bits per heavy atom. The van der Waals surface area contributed by atoms with Crippen LogP contribution in [0.1, 0.15) is 24.1 Å². The van der Waals surface area contributed by atoms with Gasteiger partial charge < -0.3 is 14.7 Å². The molecule has 1 aromatic rings. The highest BCUT2D eigenvalue weighted by Crippen LogP contribution is 2.30. The summed E-state index contributed by atoms with van der Waals surface area (Å²) < 4.78 is 43.3. The molecule has 0 radical (unpaired) electrons. The van der Waals surface area contributed by atoms with Gasteiger partial charge in [-0.05, 0) is 12.1 Å². The zero-order valence-electron chi connectivity index (χ0n) is 11.3. The Hall–Kier alpha value is -2.50. The number of hydrogen-bond acceptors (Lipinski definition) is 4. The molecular formula is C13H12F3N3O3. The molecule has 0 atom stereocenters. The van der Waals surface area contributed by atoms with E-state index in [4.69, 9.17) is 15.1 Å². The second-order valence-electron chi connectivity index (χ2n) is 4.75. The van der Waals surface area contributed by atoms with Crippen LogP contribution in [0.3, 0.4) is 0 Å². The van der Waals surface area contributed by atoms with Gasteiger partial charge in [-0.2, -0.15) is 18.4 Å². The second-order valence-corrected chi connectivity index (χ2v) is 4.75. The number of alkyl halides is 3. The molecule has 0 aliphatic carbocycles. The van der Waals surface area contributed by atoms with E-state index in [1.54, 1.807) is 6.07 Å². The number of halogens is 3. The first-order chi connectivity index (χ1) is 10.3. The van der Waals surface area contributed by atoms with E-state index in [9.17, 15) is 18.0 Å². The SMILES string of the molecule is N#Cc1ccc(C(F)(F)F)nc1OC1CCN(C(=O)O)CC1. The van der Waals surface area contributed by atoms with Gasteiger partial charge >= 0.3 is 12.3 Å². The lowest BCUT2D eigenvalue weighted by atomic mass is 10.1. The molecule has 0 bridgehead atoms. The van der Waals surface area contributed by atoms with Crippen LogP contribution in [0, 0.1) is 11.3 Å². The fourth-order valence-electron chi connectivity index (χ4n) is 2.10. The van der Waals surface area contributed by atoms with Crippen molar-refractivity contribution in [2.24, 2.45) is 0 Å². The van der Waals surface area contributed by atoms with E-state index < -0.39 is 24.1 Å². The largest absolute Gasteiger partial charge is 0.473 e. The quantitative estimate of drug-likeness (QED) is 0.906. The highest BCUT2D eigenvalue weighted by Gasteiger charge is 2.34. The van der Waals surface area contributed by atoms with Crippen molar-refractivity contribution >= 4 is 6.09 Å². The fraction of sp³-hybridized carbons (Fsp3) is 0.462. The molecule has 9 heteroatoms. The van der Waals surface area contributed by atoms with Crippen LogP contribution >= 0.6 is 0 Å². The number of hydrogen-bond donors (Lipinski definition) is 1. The first-order valence-corrected chi connectivity index (χ1v) is 6.44. The van der Waals surface area contributed by atoms with Gasteiger partial charge in [-0.15, -0.1) is 0 Å². The third kappa shape index (κ3) is 3.58. The molecule has 22 heavy (non-hydrogen) atoms. The molecule has 0 saturated carbocycles. The van der Waals surface area contributed by atoms with Crippen molar-refractivity contribution in [3.05, 3.63) is 23.4 Å². The van der Waals surface area contributed by atoms with Gasteiger partial charge in [0.15, 0.2) is 0 Å². The van der Waals surface area contributed by atoms with Crippen molar-refractivity contribution in [3.63, 3.8) is 0 Å². The van der Waals surface area contributed by atoms with E-state index in [0.29, 0.717) is 12.8 Å². The van der Waals surface area contributed by atoms with Crippen LogP contribution in [-0.2, 0) is 6.18 Å². The van der Waals surface area contributed by atoms with Gasteiger partial charge in [-0.25, -0.2) is 9.78 Å². The van der Waals surface area contributed by atoms with Crippen LogP contribution in [0.2, 0.25) is 0 Å². The molecule has 6 nitrogen and oxygen atoms in total. The first-order valence-electron chi connectivity index (χ1n) is 6.44. The normalized spacial score (nSPS) is 16.2. The molecule has 1 fully saturated rings. The minimum Gasteiger partial charge on any atom is -0.473 e. The molecule has 118 valence electrons. The Morgan fingerprint density at radius 3 is 2.55 bits per heavy atom. The number of ether oxygens (including phenoxy) is 1. The number of pyridine rings is 1. The lowest BCUT2D eigenvalue weighted by molar-refractivity contribution is -0.141. The lowest BCUT2D eigenvalue weighted by Gasteiger charge is -2.30. The number of carboxylic acid groups (broad SMARTS) is 1.